The van der Waals surface area contributed by atoms with Crippen molar-refractivity contribution in [1.29, 1.82) is 0 Å². The van der Waals surface area contributed by atoms with Crippen LogP contribution in [0.2, 0.25) is 0 Å². The molecule has 0 N–H and O–H groups in total. The zero-order valence-corrected chi connectivity index (χ0v) is 10.1. The van der Waals surface area contributed by atoms with Gasteiger partial charge in [0.1, 0.15) is 0 Å². The Labute approximate surface area is 97.8 Å². The average Bonchev–Trinajstić information content (AvgIpc) is 2.29. The van der Waals surface area contributed by atoms with E-state index in [0.717, 1.165) is 18.8 Å². The van der Waals surface area contributed by atoms with E-state index >= 15 is 0 Å². The summed E-state index contributed by atoms with van der Waals surface area (Å²) in [6.45, 7) is 7.28. The number of hydrogen-bond acceptors (Lipinski definition) is 2. The Bertz CT molecular complexity index is 317. The molecule has 0 aromatic rings. The third kappa shape index (κ3) is 2.12. The number of nitrogens with zero attached hydrogens (tertiary/aromatic N) is 1. The lowest BCUT2D eigenvalue weighted by molar-refractivity contribution is 0.0962. The van der Waals surface area contributed by atoms with Crippen molar-refractivity contribution in [3.63, 3.8) is 0 Å². The van der Waals surface area contributed by atoms with Crippen LogP contribution >= 0.6 is 0 Å². The predicted molar refractivity (Wildman–Crippen MR) is 64.8 cm³/mol. The third-order valence-corrected chi connectivity index (χ3v) is 4.59. The van der Waals surface area contributed by atoms with Gasteiger partial charge in [0, 0.05) is 0 Å². The number of carbonyl (C=O) groups excluding carboxylic acids is 1. The molecule has 0 bridgehead atoms. The van der Waals surface area contributed by atoms with Crippen molar-refractivity contribution in [1.82, 2.24) is 0 Å². The van der Waals surface area contributed by atoms with Gasteiger partial charge in [0.2, 0.25) is 6.08 Å². The fourth-order valence-electron chi connectivity index (χ4n) is 3.83. The average molecular weight is 219 g/mol. The van der Waals surface area contributed by atoms with Crippen LogP contribution in [0.5, 0.6) is 0 Å². The number of hydrogen-bond donors (Lipinski definition) is 0. The highest BCUT2D eigenvalue weighted by Crippen LogP contribution is 2.48. The number of rotatable bonds is 2. The lowest BCUT2D eigenvalue weighted by Crippen LogP contribution is -2.38. The molecular weight excluding hydrogens is 198 g/mol. The van der Waals surface area contributed by atoms with Crippen LogP contribution in [0.1, 0.15) is 39.0 Å². The second kappa shape index (κ2) is 4.97. The summed E-state index contributed by atoms with van der Waals surface area (Å²) in [5.74, 6) is 2.77. The van der Waals surface area contributed by atoms with Crippen LogP contribution < -0.4 is 0 Å². The maximum Gasteiger partial charge on any atom is 0.234 e. The number of fused-ring (bicyclic) bond motifs is 1. The second-order valence-electron chi connectivity index (χ2n) is 5.48. The molecule has 2 aliphatic carbocycles. The van der Waals surface area contributed by atoms with E-state index in [1.165, 1.54) is 24.8 Å². The molecule has 88 valence electrons. The molecule has 4 unspecified atom stereocenters. The van der Waals surface area contributed by atoms with Gasteiger partial charge in [-0.2, -0.15) is 0 Å². The predicted octanol–water partition coefficient (Wildman–Crippen LogP) is 3.34. The van der Waals surface area contributed by atoms with E-state index in [-0.39, 0.29) is 0 Å². The third-order valence-electron chi connectivity index (χ3n) is 4.59. The molecule has 2 rings (SSSR count). The zero-order chi connectivity index (χ0) is 11.5. The molecule has 2 nitrogen and oxygen atoms in total. The van der Waals surface area contributed by atoms with Gasteiger partial charge in [-0.3, -0.25) is 0 Å². The first-order valence-electron chi connectivity index (χ1n) is 6.45. The van der Waals surface area contributed by atoms with Crippen molar-refractivity contribution in [2.45, 2.75) is 39.0 Å². The summed E-state index contributed by atoms with van der Waals surface area (Å²) in [4.78, 5) is 14.1. The van der Waals surface area contributed by atoms with Crippen molar-refractivity contribution in [2.24, 2.45) is 28.7 Å². The number of allylic oxidation sites excluding steroid dienone is 1. The van der Waals surface area contributed by atoms with E-state index < -0.39 is 0 Å². The maximum absolute atomic E-state index is 10.2. The van der Waals surface area contributed by atoms with E-state index in [1.54, 1.807) is 6.08 Å². The van der Waals surface area contributed by atoms with Crippen molar-refractivity contribution < 1.29 is 4.79 Å². The summed E-state index contributed by atoms with van der Waals surface area (Å²) in [6, 6.07) is 0. The molecule has 2 fully saturated rings. The largest absolute Gasteiger partial charge is 0.234 e. The lowest BCUT2D eigenvalue weighted by Gasteiger charge is -2.45. The van der Waals surface area contributed by atoms with E-state index in [0.29, 0.717) is 24.3 Å². The van der Waals surface area contributed by atoms with Crippen molar-refractivity contribution in [3.05, 3.63) is 12.2 Å². The van der Waals surface area contributed by atoms with Gasteiger partial charge >= 0.3 is 0 Å². The molecule has 2 heteroatoms. The SMILES string of the molecule is C=C1CCC(CN=C=O)C2C(C)CCCC12. The van der Waals surface area contributed by atoms with E-state index in [2.05, 4.69) is 18.5 Å². The topological polar surface area (TPSA) is 29.4 Å². The first kappa shape index (κ1) is 11.6. The summed E-state index contributed by atoms with van der Waals surface area (Å²) in [7, 11) is 0. The quantitative estimate of drug-likeness (QED) is 0.398. The summed E-state index contributed by atoms with van der Waals surface area (Å²) < 4.78 is 0. The molecule has 0 heterocycles. The van der Waals surface area contributed by atoms with Gasteiger partial charge in [0.15, 0.2) is 0 Å². The molecule has 0 radical (unpaired) electrons. The summed E-state index contributed by atoms with van der Waals surface area (Å²) in [5.41, 5.74) is 1.45. The fraction of sp³-hybridized carbons (Fsp3) is 0.786. The van der Waals surface area contributed by atoms with Crippen LogP contribution in [0.15, 0.2) is 17.1 Å². The molecule has 0 aromatic carbocycles. The number of isocyanates is 1. The van der Waals surface area contributed by atoms with E-state index in [9.17, 15) is 4.79 Å². The summed E-state index contributed by atoms with van der Waals surface area (Å²) in [6.07, 6.45) is 7.95. The van der Waals surface area contributed by atoms with E-state index in [1.807, 2.05) is 0 Å². The molecule has 0 aliphatic heterocycles. The summed E-state index contributed by atoms with van der Waals surface area (Å²) in [5, 5.41) is 0. The van der Waals surface area contributed by atoms with E-state index in [4.69, 9.17) is 0 Å². The minimum Gasteiger partial charge on any atom is -0.211 e. The Balaban J connectivity index is 2.14. The van der Waals surface area contributed by atoms with Gasteiger partial charge in [0.25, 0.3) is 0 Å². The van der Waals surface area contributed by atoms with Gasteiger partial charge in [-0.05, 0) is 42.9 Å². The van der Waals surface area contributed by atoms with Crippen molar-refractivity contribution >= 4 is 6.08 Å². The first-order valence-corrected chi connectivity index (χ1v) is 6.45. The van der Waals surface area contributed by atoms with Gasteiger partial charge in [0.05, 0.1) is 6.54 Å². The Hall–Kier alpha value is -0.880. The number of aliphatic imine (C=N–C) groups is 1. The van der Waals surface area contributed by atoms with Crippen LogP contribution in [0.4, 0.5) is 0 Å². The Kier molecular flexibility index (Phi) is 3.60. The highest BCUT2D eigenvalue weighted by Gasteiger charge is 2.40. The molecule has 2 aliphatic rings. The lowest BCUT2D eigenvalue weighted by atomic mass is 9.60. The molecule has 16 heavy (non-hydrogen) atoms. The monoisotopic (exact) mass is 219 g/mol. The second-order valence-corrected chi connectivity index (χ2v) is 5.48. The standard InChI is InChI=1S/C14H21NO/c1-10-6-7-12(8-15-9-16)14-11(2)4-3-5-13(10)14/h11-14H,1,3-8H2,2H3. The minimum absolute atomic E-state index is 0.590. The first-order chi connectivity index (χ1) is 7.74. The van der Waals surface area contributed by atoms with Gasteiger partial charge < -0.3 is 0 Å². The van der Waals surface area contributed by atoms with Crippen molar-refractivity contribution in [2.75, 3.05) is 6.54 Å². The van der Waals surface area contributed by atoms with Crippen molar-refractivity contribution in [3.8, 4) is 0 Å². The Morgan fingerprint density at radius 2 is 2.25 bits per heavy atom. The normalized spacial score (nSPS) is 38.7. The van der Waals surface area contributed by atoms with Crippen LogP contribution in [0, 0.1) is 23.7 Å². The Morgan fingerprint density at radius 3 is 3.00 bits per heavy atom. The van der Waals surface area contributed by atoms with Crippen LogP contribution in [0.25, 0.3) is 0 Å². The molecule has 0 saturated heterocycles. The smallest absolute Gasteiger partial charge is 0.211 e. The van der Waals surface area contributed by atoms with Gasteiger partial charge in [-0.1, -0.05) is 31.9 Å². The molecule has 0 aromatic heterocycles. The molecule has 4 atom stereocenters. The zero-order valence-electron chi connectivity index (χ0n) is 10.1. The minimum atomic E-state index is 0.590. The maximum atomic E-state index is 10.2. The fourth-order valence-corrected chi connectivity index (χ4v) is 3.83. The van der Waals surface area contributed by atoms with Crippen LogP contribution in [-0.4, -0.2) is 12.6 Å². The molecule has 0 amide bonds. The highest BCUT2D eigenvalue weighted by atomic mass is 16.1. The molecule has 2 saturated carbocycles. The van der Waals surface area contributed by atoms with Crippen LogP contribution in [0.3, 0.4) is 0 Å². The Morgan fingerprint density at radius 1 is 1.44 bits per heavy atom. The molecule has 0 spiro atoms. The van der Waals surface area contributed by atoms with Gasteiger partial charge in [-0.25, -0.2) is 9.79 Å². The highest BCUT2D eigenvalue weighted by molar-refractivity contribution is 5.32. The van der Waals surface area contributed by atoms with Crippen LogP contribution in [-0.2, 0) is 4.79 Å². The van der Waals surface area contributed by atoms with Gasteiger partial charge in [-0.15, -0.1) is 0 Å². The molecular formula is C14H21NO. The summed E-state index contributed by atoms with van der Waals surface area (Å²) >= 11 is 0.